The van der Waals surface area contributed by atoms with Gasteiger partial charge in [-0.15, -0.1) is 34.8 Å². The molecule has 0 spiro atoms. The van der Waals surface area contributed by atoms with Gasteiger partial charge in [-0.05, 0) is 16.0 Å². The second kappa shape index (κ2) is 11.6. The third-order valence-electron chi connectivity index (χ3n) is 5.04. The van der Waals surface area contributed by atoms with Crippen molar-refractivity contribution in [2.45, 2.75) is 23.1 Å². The van der Waals surface area contributed by atoms with Crippen molar-refractivity contribution in [2.75, 3.05) is 23.8 Å². The van der Waals surface area contributed by atoms with Crippen LogP contribution in [0.1, 0.15) is 5.69 Å². The number of carbonyl (C=O) groups is 4. The molecule has 38 heavy (non-hydrogen) atoms. The second-order valence-electron chi connectivity index (χ2n) is 7.52. The summed E-state index contributed by atoms with van der Waals surface area (Å²) >= 11 is 3.52. The molecule has 4 heterocycles. The lowest BCUT2D eigenvalue weighted by atomic mass is 10.0. The van der Waals surface area contributed by atoms with Crippen molar-refractivity contribution in [1.82, 2.24) is 35.4 Å². The van der Waals surface area contributed by atoms with Gasteiger partial charge < -0.3 is 26.1 Å². The Labute approximate surface area is 226 Å². The van der Waals surface area contributed by atoms with Crippen LogP contribution in [0.2, 0.25) is 0 Å². The van der Waals surface area contributed by atoms with Crippen LogP contribution in [0.3, 0.4) is 0 Å². The van der Waals surface area contributed by atoms with Crippen LogP contribution in [0, 0.1) is 0 Å². The topological polar surface area (TPSA) is 228 Å². The molecule has 2 aromatic heterocycles. The molecule has 200 valence electrons. The lowest BCUT2D eigenvalue weighted by Gasteiger charge is -2.49. The van der Waals surface area contributed by atoms with E-state index in [1.54, 1.807) is 6.08 Å². The van der Waals surface area contributed by atoms with E-state index < -0.39 is 41.8 Å². The number of hydrogen-bond acceptors (Lipinski definition) is 14. The number of anilines is 1. The SMILES string of the molecule is C=CCn1nnnc1SCC1=C(C(=O)O)N2C(=O)C(NC(=O)/C(=N\OCC(=O)O)c3csc(N)n3)[C@H]2SC1. The zero-order valence-corrected chi connectivity index (χ0v) is 21.7. The van der Waals surface area contributed by atoms with Gasteiger partial charge >= 0.3 is 11.9 Å². The Morgan fingerprint density at radius 2 is 2.18 bits per heavy atom. The Kier molecular flexibility index (Phi) is 8.27. The van der Waals surface area contributed by atoms with E-state index in [2.05, 4.69) is 37.6 Å². The number of thiazole rings is 1. The van der Waals surface area contributed by atoms with Crippen LogP contribution in [0.15, 0.2) is 39.6 Å². The second-order valence-corrected chi connectivity index (χ2v) is 10.5. The normalized spacial score (nSPS) is 19.0. The minimum atomic E-state index is -1.31. The molecule has 1 fully saturated rings. The third-order valence-corrected chi connectivity index (χ3v) is 8.09. The molecule has 5 N–H and O–H groups in total. The van der Waals surface area contributed by atoms with Gasteiger partial charge in [0.15, 0.2) is 10.8 Å². The van der Waals surface area contributed by atoms with Crippen molar-refractivity contribution in [2.24, 2.45) is 5.16 Å². The van der Waals surface area contributed by atoms with E-state index in [0.29, 0.717) is 17.3 Å². The number of hydrogen-bond donors (Lipinski definition) is 4. The summed E-state index contributed by atoms with van der Waals surface area (Å²) in [6, 6.07) is -1.06. The van der Waals surface area contributed by atoms with Crippen molar-refractivity contribution >= 4 is 69.5 Å². The molecule has 16 nitrogen and oxygen atoms in total. The molecule has 2 aliphatic rings. The minimum Gasteiger partial charge on any atom is -0.479 e. The lowest BCUT2D eigenvalue weighted by Crippen LogP contribution is -2.71. The molecule has 0 aromatic carbocycles. The maximum atomic E-state index is 13.0. The van der Waals surface area contributed by atoms with E-state index in [-0.39, 0.29) is 33.7 Å². The Morgan fingerprint density at radius 3 is 2.84 bits per heavy atom. The Balaban J connectivity index is 1.49. The zero-order valence-electron chi connectivity index (χ0n) is 19.2. The number of nitrogen functional groups attached to an aromatic ring is 1. The van der Waals surface area contributed by atoms with E-state index in [1.807, 2.05) is 0 Å². The number of oxime groups is 1. The van der Waals surface area contributed by atoms with Crippen molar-refractivity contribution in [3.05, 3.63) is 35.0 Å². The molecule has 2 aliphatic heterocycles. The summed E-state index contributed by atoms with van der Waals surface area (Å²) in [5.41, 5.74) is 5.60. The standard InChI is InChI=1S/C19H19N9O7S3/c1-2-3-27-19(23-25-26-27)38-6-8-5-36-16-12(15(32)28(16)13(8)17(33)34)22-14(31)11(24-35-4-10(29)30)9-7-37-18(20)21-9/h2,7,12,16H,1,3-6H2,(H2,20,21)(H,22,31)(H,29,30)(H,33,34)/b24-11-/t12?,16-/m1/s1. The van der Waals surface area contributed by atoms with Crippen LogP contribution in [-0.2, 0) is 30.6 Å². The number of aromatic nitrogens is 5. The minimum absolute atomic E-state index is 0.0274. The first-order valence-corrected chi connectivity index (χ1v) is 13.5. The molecule has 19 heteroatoms. The Hall–Kier alpha value is -3.97. The van der Waals surface area contributed by atoms with Crippen molar-refractivity contribution in [3.63, 3.8) is 0 Å². The van der Waals surface area contributed by atoms with Crippen LogP contribution in [-0.4, -0.2) is 99.3 Å². The Morgan fingerprint density at radius 1 is 1.39 bits per heavy atom. The fourth-order valence-corrected chi connectivity index (χ4v) is 6.36. The summed E-state index contributed by atoms with van der Waals surface area (Å²) in [5, 5.41) is 37.4. The number of allylic oxidation sites excluding steroid dienone is 1. The summed E-state index contributed by atoms with van der Waals surface area (Å²) in [6.45, 7) is 3.21. The summed E-state index contributed by atoms with van der Waals surface area (Å²) in [4.78, 5) is 58.6. The average Bonchev–Trinajstić information content (AvgIpc) is 3.51. The van der Waals surface area contributed by atoms with E-state index in [9.17, 15) is 24.3 Å². The monoisotopic (exact) mass is 581 g/mol. The number of nitrogens with two attached hydrogens (primary N) is 1. The molecule has 4 rings (SSSR count). The molecule has 2 atom stereocenters. The highest BCUT2D eigenvalue weighted by molar-refractivity contribution is 8.01. The van der Waals surface area contributed by atoms with Gasteiger partial charge in [-0.2, -0.15) is 0 Å². The molecule has 2 aromatic rings. The third kappa shape index (κ3) is 5.63. The Bertz CT molecular complexity index is 1350. The number of tetrazole rings is 1. The highest BCUT2D eigenvalue weighted by Gasteiger charge is 2.54. The number of nitrogens with zero attached hydrogens (tertiary/aromatic N) is 7. The smallest absolute Gasteiger partial charge is 0.352 e. The average molecular weight is 582 g/mol. The number of carboxylic acids is 2. The highest BCUT2D eigenvalue weighted by atomic mass is 32.2. The number of aliphatic carboxylic acids is 2. The van der Waals surface area contributed by atoms with Gasteiger partial charge in [0.25, 0.3) is 11.8 Å². The summed E-state index contributed by atoms with van der Waals surface area (Å²) in [7, 11) is 0. The van der Waals surface area contributed by atoms with E-state index in [1.165, 1.54) is 33.6 Å². The number of carbonyl (C=O) groups excluding carboxylic acids is 2. The van der Waals surface area contributed by atoms with Gasteiger partial charge in [-0.3, -0.25) is 14.5 Å². The van der Waals surface area contributed by atoms with Crippen molar-refractivity contribution in [1.29, 1.82) is 0 Å². The number of β-lactam (4-membered cyclic amide) rings is 1. The number of amides is 2. The molecule has 0 saturated carbocycles. The largest absolute Gasteiger partial charge is 0.479 e. The molecular formula is C19H19N9O7S3. The number of fused-ring (bicyclic) bond motifs is 1. The highest BCUT2D eigenvalue weighted by Crippen LogP contribution is 2.41. The lowest BCUT2D eigenvalue weighted by molar-refractivity contribution is -0.150. The van der Waals surface area contributed by atoms with E-state index >= 15 is 0 Å². The first kappa shape index (κ1) is 27.1. The van der Waals surface area contributed by atoms with Crippen molar-refractivity contribution < 1.29 is 34.2 Å². The molecule has 2 amide bonds. The number of carboxylic acid groups (broad SMARTS) is 2. The van der Waals surface area contributed by atoms with Gasteiger partial charge in [-0.25, -0.2) is 19.3 Å². The quantitative estimate of drug-likeness (QED) is 0.0794. The molecule has 1 saturated heterocycles. The predicted molar refractivity (Wildman–Crippen MR) is 135 cm³/mol. The van der Waals surface area contributed by atoms with E-state index in [0.717, 1.165) is 16.2 Å². The van der Waals surface area contributed by atoms with E-state index in [4.69, 9.17) is 15.7 Å². The maximum absolute atomic E-state index is 13.0. The van der Waals surface area contributed by atoms with Crippen LogP contribution >= 0.6 is 34.9 Å². The predicted octanol–water partition coefficient (Wildman–Crippen LogP) is -0.766. The first-order chi connectivity index (χ1) is 18.2. The number of nitrogens with one attached hydrogen (secondary N) is 1. The summed E-state index contributed by atoms with van der Waals surface area (Å²) < 4.78 is 1.51. The van der Waals surface area contributed by atoms with Crippen molar-refractivity contribution in [3.8, 4) is 0 Å². The number of thioether (sulfide) groups is 2. The fraction of sp³-hybridized carbons (Fsp3) is 0.316. The van der Waals surface area contributed by atoms with Gasteiger partial charge in [0.05, 0.1) is 6.54 Å². The molecule has 0 bridgehead atoms. The number of rotatable bonds is 12. The summed E-state index contributed by atoms with van der Waals surface area (Å²) in [6.07, 6.45) is 1.62. The molecule has 0 aliphatic carbocycles. The van der Waals surface area contributed by atoms with Crippen LogP contribution in [0.5, 0.6) is 0 Å². The van der Waals surface area contributed by atoms with Gasteiger partial charge in [0.1, 0.15) is 22.8 Å². The molecular weight excluding hydrogens is 562 g/mol. The van der Waals surface area contributed by atoms with Crippen LogP contribution < -0.4 is 11.1 Å². The van der Waals surface area contributed by atoms with Gasteiger partial charge in [0, 0.05) is 16.9 Å². The first-order valence-electron chi connectivity index (χ1n) is 10.5. The maximum Gasteiger partial charge on any atom is 0.352 e. The molecule has 0 radical (unpaired) electrons. The summed E-state index contributed by atoms with van der Waals surface area (Å²) in [5.74, 6) is -3.58. The van der Waals surface area contributed by atoms with Crippen LogP contribution in [0.4, 0.5) is 5.13 Å². The fourth-order valence-electron chi connectivity index (χ4n) is 3.45. The van der Waals surface area contributed by atoms with Gasteiger partial charge in [0.2, 0.25) is 11.8 Å². The zero-order chi connectivity index (χ0) is 27.4. The van der Waals surface area contributed by atoms with Gasteiger partial charge in [-0.1, -0.05) is 23.0 Å². The molecule has 1 unspecified atom stereocenters. The van der Waals surface area contributed by atoms with Crippen LogP contribution in [0.25, 0.3) is 0 Å².